The Bertz CT molecular complexity index is 1100. The third kappa shape index (κ3) is 4.76. The maximum atomic E-state index is 5.55. The summed E-state index contributed by atoms with van der Waals surface area (Å²) in [5.74, 6) is 1.50. The second kappa shape index (κ2) is 9.42. The molecule has 0 radical (unpaired) electrons. The summed E-state index contributed by atoms with van der Waals surface area (Å²) in [5.41, 5.74) is 8.58. The van der Waals surface area contributed by atoms with Crippen molar-refractivity contribution >= 4 is 18.0 Å². The molecule has 0 spiro atoms. The third-order valence-electron chi connectivity index (χ3n) is 5.67. The van der Waals surface area contributed by atoms with Crippen molar-refractivity contribution in [3.05, 3.63) is 76.7 Å². The lowest BCUT2D eigenvalue weighted by atomic mass is 10.2. The third-order valence-corrected chi connectivity index (χ3v) is 5.67. The minimum absolute atomic E-state index is 0.522. The minimum atomic E-state index is 0.522. The normalized spacial score (nSPS) is 16.5. The Morgan fingerprint density at radius 3 is 2.81 bits per heavy atom. The second-order valence-electron chi connectivity index (χ2n) is 8.15. The summed E-state index contributed by atoms with van der Waals surface area (Å²) < 4.78 is 5.55. The van der Waals surface area contributed by atoms with Gasteiger partial charge < -0.3 is 9.64 Å². The lowest BCUT2D eigenvalue weighted by Gasteiger charge is -2.29. The Balaban J connectivity index is 1.38. The highest BCUT2D eigenvalue weighted by molar-refractivity contribution is 5.80. The number of aromatic nitrogens is 3. The highest BCUT2D eigenvalue weighted by atomic mass is 16.5. The van der Waals surface area contributed by atoms with E-state index in [-0.39, 0.29) is 0 Å². The zero-order valence-corrected chi connectivity index (χ0v) is 18.2. The molecule has 0 amide bonds. The first-order valence-corrected chi connectivity index (χ1v) is 10.9. The van der Waals surface area contributed by atoms with Crippen LogP contribution in [0, 0.1) is 6.92 Å². The van der Waals surface area contributed by atoms with E-state index in [0.29, 0.717) is 19.2 Å². The van der Waals surface area contributed by atoms with E-state index in [1.54, 1.807) is 6.21 Å². The minimum Gasteiger partial charge on any atom is -0.378 e. The molecule has 8 nitrogen and oxygen atoms in total. The van der Waals surface area contributed by atoms with Crippen LogP contribution in [0.1, 0.15) is 28.1 Å². The average Bonchev–Trinajstić information content (AvgIpc) is 3.22. The molecule has 1 fully saturated rings. The number of hydrogen-bond donors (Lipinski definition) is 1. The average molecular weight is 430 g/mol. The predicted octanol–water partition coefficient (Wildman–Crippen LogP) is 2.98. The second-order valence-corrected chi connectivity index (χ2v) is 8.15. The van der Waals surface area contributed by atoms with Gasteiger partial charge in [-0.05, 0) is 24.6 Å². The van der Waals surface area contributed by atoms with Crippen LogP contribution in [0.2, 0.25) is 0 Å². The Labute approximate surface area is 188 Å². The molecule has 2 aliphatic rings. The maximum Gasteiger partial charge on any atom is 0.245 e. The first-order chi connectivity index (χ1) is 15.7. The quantitative estimate of drug-likeness (QED) is 0.477. The largest absolute Gasteiger partial charge is 0.378 e. The molecule has 2 aromatic heterocycles. The zero-order chi connectivity index (χ0) is 21.8. The fourth-order valence-corrected chi connectivity index (χ4v) is 4.14. The SMILES string of the molecule is Cc1cccc(/C=N/Nc2nc3c(c(N4CCOCC4)n2)CN(Cc2ccccn2)C3)c1. The van der Waals surface area contributed by atoms with Crippen molar-refractivity contribution in [2.45, 2.75) is 26.6 Å². The van der Waals surface area contributed by atoms with E-state index >= 15 is 0 Å². The van der Waals surface area contributed by atoms with Crippen LogP contribution in [-0.4, -0.2) is 52.4 Å². The first kappa shape index (κ1) is 20.5. The topological polar surface area (TPSA) is 78.8 Å². The summed E-state index contributed by atoms with van der Waals surface area (Å²) in [6.07, 6.45) is 3.64. The number of fused-ring (bicyclic) bond motifs is 1. The molecule has 0 atom stereocenters. The lowest BCUT2D eigenvalue weighted by molar-refractivity contribution is 0.122. The molecule has 0 aliphatic carbocycles. The Hall–Kier alpha value is -3.36. The number of rotatable bonds is 6. The van der Waals surface area contributed by atoms with Gasteiger partial charge in [-0.3, -0.25) is 9.88 Å². The molecule has 32 heavy (non-hydrogen) atoms. The summed E-state index contributed by atoms with van der Waals surface area (Å²) >= 11 is 0. The van der Waals surface area contributed by atoms with Gasteiger partial charge in [0, 0.05) is 44.5 Å². The van der Waals surface area contributed by atoms with Gasteiger partial charge in [-0.15, -0.1) is 0 Å². The van der Waals surface area contributed by atoms with Crippen LogP contribution in [0.4, 0.5) is 11.8 Å². The fraction of sp³-hybridized carbons (Fsp3) is 0.333. The number of ether oxygens (including phenoxy) is 1. The van der Waals surface area contributed by atoms with E-state index in [4.69, 9.17) is 14.7 Å². The van der Waals surface area contributed by atoms with Gasteiger partial charge in [-0.1, -0.05) is 35.9 Å². The van der Waals surface area contributed by atoms with Crippen molar-refractivity contribution in [2.75, 3.05) is 36.6 Å². The number of pyridine rings is 1. The predicted molar refractivity (Wildman–Crippen MR) is 125 cm³/mol. The fourth-order valence-electron chi connectivity index (χ4n) is 4.14. The molecule has 2 aliphatic heterocycles. The first-order valence-electron chi connectivity index (χ1n) is 10.9. The van der Waals surface area contributed by atoms with E-state index in [1.165, 1.54) is 11.1 Å². The molecule has 0 unspecified atom stereocenters. The molecule has 5 rings (SSSR count). The molecule has 0 bridgehead atoms. The summed E-state index contributed by atoms with van der Waals surface area (Å²) in [5, 5.41) is 4.38. The van der Waals surface area contributed by atoms with Gasteiger partial charge >= 0.3 is 0 Å². The lowest BCUT2D eigenvalue weighted by Crippen LogP contribution is -2.37. The van der Waals surface area contributed by atoms with E-state index in [2.05, 4.69) is 50.4 Å². The standard InChI is InChI=1S/C24H27N7O/c1-18-5-4-6-19(13-18)14-26-29-24-27-22-17-30(15-20-7-2-3-8-25-20)16-21(22)23(28-24)31-9-11-32-12-10-31/h2-8,13-14H,9-12,15-17H2,1H3,(H,27,28,29)/b26-14+. The summed E-state index contributed by atoms with van der Waals surface area (Å²) in [4.78, 5) is 18.8. The van der Waals surface area contributed by atoms with Gasteiger partial charge in [0.05, 0.1) is 30.8 Å². The van der Waals surface area contributed by atoms with Gasteiger partial charge in [0.15, 0.2) is 0 Å². The smallest absolute Gasteiger partial charge is 0.245 e. The van der Waals surface area contributed by atoms with E-state index in [1.807, 2.05) is 30.5 Å². The summed E-state index contributed by atoms with van der Waals surface area (Å²) in [6.45, 7) is 7.52. The van der Waals surface area contributed by atoms with Crippen molar-refractivity contribution in [2.24, 2.45) is 5.10 Å². The number of hydrazone groups is 1. The molecule has 1 N–H and O–H groups in total. The highest BCUT2D eigenvalue weighted by Gasteiger charge is 2.28. The van der Waals surface area contributed by atoms with E-state index in [0.717, 1.165) is 55.5 Å². The Morgan fingerprint density at radius 2 is 2.00 bits per heavy atom. The Kier molecular flexibility index (Phi) is 6.04. The van der Waals surface area contributed by atoms with Gasteiger partial charge in [0.25, 0.3) is 0 Å². The molecule has 1 saturated heterocycles. The molecular formula is C24H27N7O. The van der Waals surface area contributed by atoms with Gasteiger partial charge in [0.2, 0.25) is 5.95 Å². The molecule has 4 heterocycles. The van der Waals surface area contributed by atoms with Crippen LogP contribution < -0.4 is 10.3 Å². The number of hydrogen-bond acceptors (Lipinski definition) is 8. The van der Waals surface area contributed by atoms with Crippen LogP contribution in [0.25, 0.3) is 0 Å². The number of morpholine rings is 1. The van der Waals surface area contributed by atoms with Crippen molar-refractivity contribution in [1.82, 2.24) is 19.9 Å². The number of aryl methyl sites for hydroxylation is 1. The number of nitrogens with zero attached hydrogens (tertiary/aromatic N) is 6. The number of benzene rings is 1. The van der Waals surface area contributed by atoms with E-state index in [9.17, 15) is 0 Å². The molecule has 1 aromatic carbocycles. The summed E-state index contributed by atoms with van der Waals surface area (Å²) in [6, 6.07) is 14.2. The van der Waals surface area contributed by atoms with Gasteiger partial charge in [-0.2, -0.15) is 10.1 Å². The van der Waals surface area contributed by atoms with Crippen molar-refractivity contribution in [3.63, 3.8) is 0 Å². The van der Waals surface area contributed by atoms with Crippen LogP contribution in [0.3, 0.4) is 0 Å². The van der Waals surface area contributed by atoms with Crippen LogP contribution in [0.15, 0.2) is 53.8 Å². The number of anilines is 2. The molecule has 164 valence electrons. The van der Waals surface area contributed by atoms with Crippen LogP contribution in [0.5, 0.6) is 0 Å². The van der Waals surface area contributed by atoms with Crippen molar-refractivity contribution in [3.8, 4) is 0 Å². The number of nitrogens with one attached hydrogen (secondary N) is 1. The maximum absolute atomic E-state index is 5.55. The molecule has 3 aromatic rings. The van der Waals surface area contributed by atoms with Gasteiger partial charge in [0.1, 0.15) is 5.82 Å². The zero-order valence-electron chi connectivity index (χ0n) is 18.2. The van der Waals surface area contributed by atoms with Crippen molar-refractivity contribution in [1.29, 1.82) is 0 Å². The monoisotopic (exact) mass is 429 g/mol. The van der Waals surface area contributed by atoms with Crippen LogP contribution >= 0.6 is 0 Å². The van der Waals surface area contributed by atoms with Crippen molar-refractivity contribution < 1.29 is 4.74 Å². The molecule has 8 heteroatoms. The highest BCUT2D eigenvalue weighted by Crippen LogP contribution is 2.31. The van der Waals surface area contributed by atoms with Crippen LogP contribution in [-0.2, 0) is 24.4 Å². The molecule has 0 saturated carbocycles. The Morgan fingerprint density at radius 1 is 1.09 bits per heavy atom. The molecular weight excluding hydrogens is 402 g/mol. The summed E-state index contributed by atoms with van der Waals surface area (Å²) in [7, 11) is 0. The van der Waals surface area contributed by atoms with Gasteiger partial charge in [-0.25, -0.2) is 10.4 Å². The van der Waals surface area contributed by atoms with E-state index < -0.39 is 0 Å².